The molecule has 4 nitrogen and oxygen atoms in total. The van der Waals surface area contributed by atoms with Crippen LogP contribution in [0.1, 0.15) is 234 Å². The summed E-state index contributed by atoms with van der Waals surface area (Å²) in [5.41, 5.74) is 2.69. The predicted octanol–water partition coefficient (Wildman–Crippen LogP) is 15.5. The Morgan fingerprint density at radius 2 is 0.941 bits per heavy atom. The molecule has 0 amide bonds. The average molecular weight is 726 g/mol. The van der Waals surface area contributed by atoms with Gasteiger partial charge < -0.3 is 9.67 Å². The summed E-state index contributed by atoms with van der Waals surface area (Å²) in [6.45, 7) is 21.0. The van der Waals surface area contributed by atoms with E-state index in [1.165, 1.54) is 154 Å². The fraction of sp³-hybridized carbons (Fsp3) is 0.826. The molecule has 0 saturated heterocycles. The van der Waals surface area contributed by atoms with Crippen molar-refractivity contribution in [2.24, 2.45) is 0 Å². The minimum Gasteiger partial charge on any atom is -0.507 e. The maximum atomic E-state index is 11.4. The smallest absolute Gasteiger partial charge is 0.191 e. The van der Waals surface area contributed by atoms with Gasteiger partial charge in [-0.2, -0.15) is 0 Å². The van der Waals surface area contributed by atoms with Crippen LogP contribution in [0.4, 0.5) is 0 Å². The van der Waals surface area contributed by atoms with Gasteiger partial charge >= 0.3 is 0 Å². The zero-order valence-corrected chi connectivity index (χ0v) is 36.1. The monoisotopic (exact) mass is 726 g/mol. The molecule has 0 aliphatic carbocycles. The van der Waals surface area contributed by atoms with Crippen molar-refractivity contribution in [3.8, 4) is 17.1 Å². The van der Waals surface area contributed by atoms with Crippen LogP contribution < -0.4 is 0 Å². The highest BCUT2D eigenvalue weighted by atomic mass is 32.2. The second-order valence-electron chi connectivity index (χ2n) is 17.9. The van der Waals surface area contributed by atoms with Crippen molar-refractivity contribution in [2.75, 3.05) is 0 Å². The number of benzene rings is 1. The number of aromatic hydroxyl groups is 1. The minimum absolute atomic E-state index is 0.180. The lowest BCUT2D eigenvalue weighted by atomic mass is 9.78. The van der Waals surface area contributed by atoms with E-state index in [9.17, 15) is 5.11 Å². The van der Waals surface area contributed by atoms with Crippen molar-refractivity contribution in [3.05, 3.63) is 23.3 Å². The van der Waals surface area contributed by atoms with E-state index < -0.39 is 0 Å². The first-order valence-corrected chi connectivity index (χ1v) is 22.8. The van der Waals surface area contributed by atoms with Crippen molar-refractivity contribution in [3.63, 3.8) is 0 Å². The first kappa shape index (κ1) is 45.7. The molecule has 294 valence electrons. The number of hydrogen-bond donors (Lipinski definition) is 1. The third-order valence-corrected chi connectivity index (χ3v) is 11.9. The Morgan fingerprint density at radius 3 is 1.33 bits per heavy atom. The summed E-state index contributed by atoms with van der Waals surface area (Å²) in [5.74, 6) is 1.38. The van der Waals surface area contributed by atoms with Crippen molar-refractivity contribution in [1.29, 1.82) is 0 Å². The molecule has 0 spiro atoms. The number of hydrogen-bond acceptors (Lipinski definition) is 4. The van der Waals surface area contributed by atoms with Crippen LogP contribution >= 0.6 is 11.8 Å². The zero-order chi connectivity index (χ0) is 37.5. The molecule has 0 radical (unpaired) electrons. The predicted molar refractivity (Wildman–Crippen MR) is 227 cm³/mol. The molecule has 2 aromatic rings. The Morgan fingerprint density at radius 1 is 0.569 bits per heavy atom. The van der Waals surface area contributed by atoms with Crippen LogP contribution in [-0.4, -0.2) is 25.1 Å². The third-order valence-electron chi connectivity index (χ3n) is 10.7. The van der Waals surface area contributed by atoms with Gasteiger partial charge in [0.2, 0.25) is 0 Å². The Bertz CT molecular complexity index is 1140. The lowest BCUT2D eigenvalue weighted by Crippen LogP contribution is -2.17. The molecule has 0 saturated carbocycles. The lowest BCUT2D eigenvalue weighted by Gasteiger charge is -2.28. The Hall–Kier alpha value is -1.49. The van der Waals surface area contributed by atoms with Gasteiger partial charge in [0.05, 0.1) is 0 Å². The minimum atomic E-state index is -0.180. The zero-order valence-electron chi connectivity index (χ0n) is 35.3. The summed E-state index contributed by atoms with van der Waals surface area (Å²) in [6.07, 6.45) is 34.2. The molecular weight excluding hydrogens is 643 g/mol. The second-order valence-corrected chi connectivity index (χ2v) is 19.3. The molecule has 1 heterocycles. The maximum absolute atomic E-state index is 11.4. The summed E-state index contributed by atoms with van der Waals surface area (Å²) in [7, 11) is 0. The van der Waals surface area contributed by atoms with Gasteiger partial charge in [-0.25, -0.2) is 0 Å². The third kappa shape index (κ3) is 18.4. The Kier molecular flexibility index (Phi) is 22.8. The fourth-order valence-corrected chi connectivity index (χ4v) is 8.36. The largest absolute Gasteiger partial charge is 0.507 e. The van der Waals surface area contributed by atoms with Gasteiger partial charge in [-0.15, -0.1) is 10.2 Å². The standard InChI is InChI=1S/C46H83N3OS/c1-10-12-14-16-18-20-21-22-23-24-25-26-27-29-31-33-35-49-43(39-36-40(45(4,5)6)42(50)41(37-39)46(7,8)9)47-48-44(49)51-38(3)34-32-30-28-19-17-15-13-11-2/h36-38,50H,10-35H2,1-9H3. The van der Waals surface area contributed by atoms with Crippen LogP contribution in [0, 0.1) is 0 Å². The van der Waals surface area contributed by atoms with E-state index in [-0.39, 0.29) is 10.8 Å². The van der Waals surface area contributed by atoms with Crippen LogP contribution in [0.2, 0.25) is 0 Å². The van der Waals surface area contributed by atoms with Gasteiger partial charge in [0, 0.05) is 28.5 Å². The molecule has 0 aliphatic rings. The summed E-state index contributed by atoms with van der Waals surface area (Å²) >= 11 is 1.91. The summed E-state index contributed by atoms with van der Waals surface area (Å²) in [6, 6.07) is 4.36. The molecule has 5 heteroatoms. The van der Waals surface area contributed by atoms with E-state index in [4.69, 9.17) is 10.2 Å². The number of nitrogens with zero attached hydrogens (tertiary/aromatic N) is 3. The molecule has 1 atom stereocenters. The number of phenolic OH excluding ortho intramolecular Hbond substituents is 1. The van der Waals surface area contributed by atoms with E-state index in [0.29, 0.717) is 11.0 Å². The number of thioether (sulfide) groups is 1. The molecule has 1 N–H and O–H groups in total. The van der Waals surface area contributed by atoms with Crippen molar-refractivity contribution in [2.45, 2.75) is 251 Å². The molecule has 1 unspecified atom stereocenters. The highest BCUT2D eigenvalue weighted by Gasteiger charge is 2.28. The normalized spacial score (nSPS) is 13.0. The van der Waals surface area contributed by atoms with Crippen LogP contribution in [0.3, 0.4) is 0 Å². The summed E-state index contributed by atoms with van der Waals surface area (Å²) in [5, 5.41) is 22.7. The fourth-order valence-electron chi connectivity index (χ4n) is 7.32. The lowest BCUT2D eigenvalue weighted by molar-refractivity contribution is 0.423. The maximum Gasteiger partial charge on any atom is 0.191 e. The quantitative estimate of drug-likeness (QED) is 0.0670. The van der Waals surface area contributed by atoms with Gasteiger partial charge in [-0.3, -0.25) is 0 Å². The van der Waals surface area contributed by atoms with E-state index in [1.807, 2.05) is 11.8 Å². The highest BCUT2D eigenvalue weighted by Crippen LogP contribution is 2.42. The van der Waals surface area contributed by atoms with E-state index >= 15 is 0 Å². The van der Waals surface area contributed by atoms with E-state index in [0.717, 1.165) is 40.6 Å². The molecule has 0 aliphatic heterocycles. The highest BCUT2D eigenvalue weighted by molar-refractivity contribution is 7.99. The number of phenols is 1. The average Bonchev–Trinajstić information content (AvgIpc) is 3.46. The second kappa shape index (κ2) is 25.5. The number of unbranched alkanes of at least 4 members (excludes halogenated alkanes) is 22. The van der Waals surface area contributed by atoms with Gasteiger partial charge in [-0.05, 0) is 35.8 Å². The Balaban J connectivity index is 1.99. The first-order valence-electron chi connectivity index (χ1n) is 21.9. The van der Waals surface area contributed by atoms with Crippen molar-refractivity contribution >= 4 is 11.8 Å². The van der Waals surface area contributed by atoms with E-state index in [1.54, 1.807) is 0 Å². The summed E-state index contributed by atoms with van der Waals surface area (Å²) < 4.78 is 2.41. The van der Waals surface area contributed by atoms with Crippen molar-refractivity contribution < 1.29 is 5.11 Å². The molecular formula is C46H83N3OS. The van der Waals surface area contributed by atoms with Crippen LogP contribution in [0.25, 0.3) is 11.4 Å². The van der Waals surface area contributed by atoms with Crippen LogP contribution in [0.5, 0.6) is 5.75 Å². The Labute approximate surface area is 321 Å². The molecule has 0 fully saturated rings. The molecule has 1 aromatic heterocycles. The van der Waals surface area contributed by atoms with Crippen LogP contribution in [0.15, 0.2) is 17.3 Å². The van der Waals surface area contributed by atoms with Gasteiger partial charge in [0.15, 0.2) is 11.0 Å². The number of aromatic nitrogens is 3. The molecule has 51 heavy (non-hydrogen) atoms. The molecule has 1 aromatic carbocycles. The molecule has 0 bridgehead atoms. The number of rotatable bonds is 29. The van der Waals surface area contributed by atoms with Gasteiger partial charge in [-0.1, -0.05) is 222 Å². The molecule has 2 rings (SSSR count). The van der Waals surface area contributed by atoms with Gasteiger partial charge in [0.25, 0.3) is 0 Å². The van der Waals surface area contributed by atoms with Crippen molar-refractivity contribution in [1.82, 2.24) is 14.8 Å². The van der Waals surface area contributed by atoms with E-state index in [2.05, 4.69) is 79.0 Å². The summed E-state index contributed by atoms with van der Waals surface area (Å²) in [4.78, 5) is 0. The van der Waals surface area contributed by atoms with Gasteiger partial charge in [0.1, 0.15) is 5.75 Å². The first-order chi connectivity index (χ1) is 24.4. The SMILES string of the molecule is CCCCCCCCCCCCCCCCCCn1c(SC(C)CCCCCCCCCC)nnc1-c1cc(C(C)(C)C)c(O)c(C(C)(C)C)c1. The topological polar surface area (TPSA) is 50.9 Å². The van der Waals surface area contributed by atoms with Crippen LogP contribution in [-0.2, 0) is 17.4 Å².